The number of amides is 1. The largest absolute Gasteiger partial charge is 0.494 e. The van der Waals surface area contributed by atoms with Gasteiger partial charge in [-0.1, -0.05) is 41.9 Å². The molecule has 7 nitrogen and oxygen atoms in total. The number of nitriles is 1. The van der Waals surface area contributed by atoms with E-state index in [-0.39, 0.29) is 46.4 Å². The molecule has 1 amide bonds. The number of likely N-dealkylation sites (N-methyl/N-ethyl adjacent to an activating group) is 1. The smallest absolute Gasteiger partial charge is 0.410 e. The maximum atomic E-state index is 15.9. The summed E-state index contributed by atoms with van der Waals surface area (Å²) < 4.78 is 54.3. The van der Waals surface area contributed by atoms with Gasteiger partial charge in [0.2, 0.25) is 0 Å². The van der Waals surface area contributed by atoms with Crippen LogP contribution in [0.3, 0.4) is 0 Å². The zero-order valence-corrected chi connectivity index (χ0v) is 24.4. The van der Waals surface area contributed by atoms with Gasteiger partial charge in [-0.05, 0) is 38.5 Å². The van der Waals surface area contributed by atoms with Crippen LogP contribution in [0, 0.1) is 23.0 Å². The van der Waals surface area contributed by atoms with Crippen LogP contribution in [0.1, 0.15) is 43.4 Å². The zero-order valence-electron chi connectivity index (χ0n) is 23.7. The average Bonchev–Trinajstić information content (AvgIpc) is 3.22. The molecule has 2 atom stereocenters. The van der Waals surface area contributed by atoms with Crippen LogP contribution < -0.4 is 9.47 Å². The summed E-state index contributed by atoms with van der Waals surface area (Å²) in [6, 6.07) is 14.9. The van der Waals surface area contributed by atoms with Crippen molar-refractivity contribution in [1.82, 2.24) is 4.90 Å². The van der Waals surface area contributed by atoms with Gasteiger partial charge in [0, 0.05) is 36.9 Å². The average molecular weight is 585 g/mol. The fraction of sp³-hybridized carbons (Fsp3) is 0.355. The van der Waals surface area contributed by atoms with Crippen LogP contribution in [-0.4, -0.2) is 51.0 Å². The molecular formula is C31H31ClF2N2O5. The fourth-order valence-corrected chi connectivity index (χ4v) is 5.45. The Morgan fingerprint density at radius 2 is 1.83 bits per heavy atom. The summed E-state index contributed by atoms with van der Waals surface area (Å²) in [6.07, 6.45) is -0.599. The van der Waals surface area contributed by atoms with Crippen LogP contribution in [0.15, 0.2) is 48.5 Å². The fourth-order valence-electron chi connectivity index (χ4n) is 5.20. The van der Waals surface area contributed by atoms with Crippen molar-refractivity contribution in [3.8, 4) is 28.7 Å². The number of carbonyl (C=O) groups excluding carboxylic acids is 1. The minimum absolute atomic E-state index is 0.0203. The van der Waals surface area contributed by atoms with Crippen molar-refractivity contribution in [2.24, 2.45) is 0 Å². The van der Waals surface area contributed by atoms with E-state index in [1.807, 2.05) is 36.4 Å². The van der Waals surface area contributed by atoms with E-state index in [1.54, 1.807) is 27.8 Å². The number of ether oxygens (including phenoxy) is 4. The predicted molar refractivity (Wildman–Crippen MR) is 150 cm³/mol. The van der Waals surface area contributed by atoms with Gasteiger partial charge in [-0.3, -0.25) is 0 Å². The molecule has 0 N–H and O–H groups in total. The minimum Gasteiger partial charge on any atom is -0.494 e. The van der Waals surface area contributed by atoms with E-state index in [4.69, 9.17) is 30.5 Å². The lowest BCUT2D eigenvalue weighted by molar-refractivity contribution is -0.0133. The second-order valence-electron chi connectivity index (χ2n) is 10.8. The molecule has 0 saturated heterocycles. The number of benzene rings is 3. The molecule has 0 saturated carbocycles. The highest BCUT2D eigenvalue weighted by atomic mass is 35.5. The first-order valence-electron chi connectivity index (χ1n) is 12.8. The summed E-state index contributed by atoms with van der Waals surface area (Å²) in [4.78, 5) is 14.5. The molecule has 0 aromatic heterocycles. The number of halogens is 3. The van der Waals surface area contributed by atoms with E-state index in [1.165, 1.54) is 31.3 Å². The number of carbonyl (C=O) groups is 1. The summed E-state index contributed by atoms with van der Waals surface area (Å²) in [5, 5.41) is 9.50. The molecule has 41 heavy (non-hydrogen) atoms. The van der Waals surface area contributed by atoms with Crippen molar-refractivity contribution in [3.63, 3.8) is 0 Å². The lowest BCUT2D eigenvalue weighted by atomic mass is 9.76. The Hall–Kier alpha value is -3.87. The van der Waals surface area contributed by atoms with Crippen molar-refractivity contribution >= 4 is 17.7 Å². The lowest BCUT2D eigenvalue weighted by Crippen LogP contribution is -2.49. The van der Waals surface area contributed by atoms with E-state index < -0.39 is 34.8 Å². The van der Waals surface area contributed by atoms with Crippen LogP contribution >= 0.6 is 11.6 Å². The number of nitrogens with zero attached hydrogens (tertiary/aromatic N) is 2. The van der Waals surface area contributed by atoms with Gasteiger partial charge in [0.05, 0.1) is 42.8 Å². The number of rotatable bonds is 7. The first-order chi connectivity index (χ1) is 19.4. The Labute approximate surface area is 243 Å². The first-order valence-corrected chi connectivity index (χ1v) is 13.2. The van der Waals surface area contributed by atoms with Gasteiger partial charge in [-0.15, -0.1) is 0 Å². The number of fused-ring (bicyclic) bond motifs is 1. The van der Waals surface area contributed by atoms with Crippen LogP contribution in [0.25, 0.3) is 11.1 Å². The molecule has 0 spiro atoms. The molecule has 1 aliphatic rings. The zero-order chi connectivity index (χ0) is 30.1. The molecule has 0 aliphatic carbocycles. The second kappa shape index (κ2) is 11.6. The Balaban J connectivity index is 2.02. The van der Waals surface area contributed by atoms with Crippen molar-refractivity contribution in [2.75, 3.05) is 34.4 Å². The van der Waals surface area contributed by atoms with Crippen molar-refractivity contribution in [1.29, 1.82) is 5.26 Å². The van der Waals surface area contributed by atoms with Crippen LogP contribution in [-0.2, 0) is 15.1 Å². The molecule has 216 valence electrons. The molecule has 1 aliphatic heterocycles. The van der Waals surface area contributed by atoms with Gasteiger partial charge in [0.1, 0.15) is 17.2 Å². The van der Waals surface area contributed by atoms with Gasteiger partial charge >= 0.3 is 6.09 Å². The highest BCUT2D eigenvalue weighted by molar-refractivity contribution is 6.34. The molecule has 0 fully saturated rings. The number of hydrogen-bond donors (Lipinski definition) is 0. The lowest BCUT2D eigenvalue weighted by Gasteiger charge is -2.38. The molecule has 0 radical (unpaired) electrons. The third-order valence-electron chi connectivity index (χ3n) is 6.90. The van der Waals surface area contributed by atoms with Crippen LogP contribution in [0.2, 0.25) is 5.02 Å². The molecule has 3 aromatic carbocycles. The van der Waals surface area contributed by atoms with E-state index in [0.29, 0.717) is 11.1 Å². The first kappa shape index (κ1) is 30.1. The molecule has 4 rings (SSSR count). The Morgan fingerprint density at radius 3 is 2.41 bits per heavy atom. The Morgan fingerprint density at radius 1 is 1.15 bits per heavy atom. The van der Waals surface area contributed by atoms with Crippen LogP contribution in [0.5, 0.6) is 11.5 Å². The second-order valence-corrected chi connectivity index (χ2v) is 11.2. The highest BCUT2D eigenvalue weighted by Gasteiger charge is 2.53. The molecule has 0 unspecified atom stereocenters. The summed E-state index contributed by atoms with van der Waals surface area (Å²) in [5.74, 6) is -2.54. The Kier molecular flexibility index (Phi) is 8.48. The van der Waals surface area contributed by atoms with E-state index in [0.717, 1.165) is 6.07 Å². The summed E-state index contributed by atoms with van der Waals surface area (Å²) in [6.45, 7) is 5.25. The highest BCUT2D eigenvalue weighted by Crippen LogP contribution is 2.57. The molecule has 1 heterocycles. The third-order valence-corrected chi connectivity index (χ3v) is 7.26. The normalized spacial score (nSPS) is 17.8. The van der Waals surface area contributed by atoms with Crippen molar-refractivity contribution in [2.45, 2.75) is 37.9 Å². The monoisotopic (exact) mass is 584 g/mol. The summed E-state index contributed by atoms with van der Waals surface area (Å²) in [7, 11) is 4.34. The predicted octanol–water partition coefficient (Wildman–Crippen LogP) is 7.05. The van der Waals surface area contributed by atoms with Gasteiger partial charge < -0.3 is 23.8 Å². The summed E-state index contributed by atoms with van der Waals surface area (Å²) in [5.41, 5.74) is -1.43. The molecule has 10 heteroatoms. The van der Waals surface area contributed by atoms with Crippen LogP contribution in [0.4, 0.5) is 13.6 Å². The molecule has 3 aromatic rings. The van der Waals surface area contributed by atoms with E-state index in [2.05, 4.69) is 0 Å². The van der Waals surface area contributed by atoms with Gasteiger partial charge in [-0.25, -0.2) is 13.6 Å². The molecule has 0 bridgehead atoms. The number of hydrogen-bond acceptors (Lipinski definition) is 6. The minimum atomic E-state index is -1.33. The van der Waals surface area contributed by atoms with Crippen molar-refractivity contribution in [3.05, 3.63) is 81.9 Å². The van der Waals surface area contributed by atoms with Crippen molar-refractivity contribution < 1.29 is 32.5 Å². The maximum Gasteiger partial charge on any atom is 0.410 e. The SMILES string of the molecule is COC[C@H]1c2c(cc(F)c(Cl)c2-c2c(C#N)ccc(OC)c2F)O[C@]1(CN(C)C(=O)OC(C)(C)C)c1ccccc1. The Bertz CT molecular complexity index is 1500. The van der Waals surface area contributed by atoms with Gasteiger partial charge in [0.15, 0.2) is 17.2 Å². The van der Waals surface area contributed by atoms with Gasteiger partial charge in [0.25, 0.3) is 0 Å². The van der Waals surface area contributed by atoms with Gasteiger partial charge in [-0.2, -0.15) is 5.26 Å². The quantitative estimate of drug-likeness (QED) is 0.296. The third kappa shape index (κ3) is 5.54. The summed E-state index contributed by atoms with van der Waals surface area (Å²) >= 11 is 6.57. The molecular weight excluding hydrogens is 554 g/mol. The maximum absolute atomic E-state index is 15.9. The van der Waals surface area contributed by atoms with E-state index in [9.17, 15) is 10.1 Å². The number of methoxy groups -OCH3 is 2. The topological polar surface area (TPSA) is 81.0 Å². The van der Waals surface area contributed by atoms with E-state index >= 15 is 8.78 Å². The standard InChI is InChI=1S/C31H31ClF2N2O5/c1-30(2,3)41-29(37)36(4)17-31(19-10-8-7-9-11-19)20(16-38-5)25-23(40-31)14-21(33)27(32)26(25)24-18(15-35)12-13-22(39-6)28(24)34/h7-14,20H,16-17H2,1-6H3/t20-,31+/m0/s1.